The average molecular weight is 111 g/mol. The molecule has 0 bridgehead atoms. The molecule has 0 aromatic carbocycles. The van der Waals surface area contributed by atoms with E-state index in [4.69, 9.17) is 0 Å². The quantitative estimate of drug-likeness (QED) is 0.553. The first-order valence-corrected chi connectivity index (χ1v) is 3.51. The smallest absolute Gasteiger partial charge is 0.00178 e. The zero-order valence-corrected chi connectivity index (χ0v) is 5.52. The molecule has 0 radical (unpaired) electrons. The van der Waals surface area contributed by atoms with Gasteiger partial charge in [0.25, 0.3) is 0 Å². The van der Waals surface area contributed by atoms with E-state index >= 15 is 0 Å². The van der Waals surface area contributed by atoms with E-state index in [9.17, 15) is 0 Å². The third-order valence-electron chi connectivity index (χ3n) is 2.81. The fourth-order valence-electron chi connectivity index (χ4n) is 2.10. The lowest BCUT2D eigenvalue weighted by Gasteiger charge is -2.04. The van der Waals surface area contributed by atoms with Gasteiger partial charge in [-0.3, -0.25) is 0 Å². The predicted octanol–water partition coefficient (Wildman–Crippen LogP) is 0.718. The maximum absolute atomic E-state index is 3.21. The first kappa shape index (κ1) is 4.80. The summed E-state index contributed by atoms with van der Waals surface area (Å²) in [6, 6.07) is 0. The van der Waals surface area contributed by atoms with Crippen LogP contribution in [-0.4, -0.2) is 13.6 Å². The van der Waals surface area contributed by atoms with Gasteiger partial charge in [-0.25, -0.2) is 0 Å². The van der Waals surface area contributed by atoms with Crippen LogP contribution in [0.15, 0.2) is 0 Å². The van der Waals surface area contributed by atoms with Gasteiger partial charge in [-0.2, -0.15) is 0 Å². The van der Waals surface area contributed by atoms with Crippen molar-refractivity contribution in [1.29, 1.82) is 0 Å². The van der Waals surface area contributed by atoms with E-state index in [0.717, 1.165) is 23.7 Å². The van der Waals surface area contributed by atoms with Crippen molar-refractivity contribution in [2.45, 2.75) is 6.92 Å². The lowest BCUT2D eigenvalue weighted by atomic mass is 10.1. The van der Waals surface area contributed by atoms with Crippen molar-refractivity contribution in [3.63, 3.8) is 0 Å². The van der Waals surface area contributed by atoms with Crippen LogP contribution in [0.4, 0.5) is 0 Å². The molecule has 2 saturated carbocycles. The van der Waals surface area contributed by atoms with Crippen LogP contribution in [0.3, 0.4) is 0 Å². The first-order valence-electron chi connectivity index (χ1n) is 3.51. The Morgan fingerprint density at radius 1 is 1.38 bits per heavy atom. The Morgan fingerprint density at radius 3 is 2.38 bits per heavy atom. The first-order chi connectivity index (χ1) is 3.86. The van der Waals surface area contributed by atoms with E-state index in [1.807, 2.05) is 7.05 Å². The highest BCUT2D eigenvalue weighted by Crippen LogP contribution is 2.72. The lowest BCUT2D eigenvalue weighted by molar-refractivity contribution is 0.484. The summed E-state index contributed by atoms with van der Waals surface area (Å²) in [6.07, 6.45) is 0. The minimum absolute atomic E-state index is 1.08. The molecular weight excluding hydrogens is 98.1 g/mol. The van der Waals surface area contributed by atoms with Crippen LogP contribution in [0.25, 0.3) is 0 Å². The molecule has 2 rings (SSSR count). The molecule has 0 heterocycles. The third-order valence-corrected chi connectivity index (χ3v) is 2.81. The largest absolute Gasteiger partial charge is 0.319 e. The molecule has 2 fully saturated rings. The van der Waals surface area contributed by atoms with Gasteiger partial charge in [0.1, 0.15) is 0 Å². The van der Waals surface area contributed by atoms with Crippen LogP contribution in [-0.2, 0) is 0 Å². The van der Waals surface area contributed by atoms with Gasteiger partial charge in [0.15, 0.2) is 0 Å². The van der Waals surface area contributed by atoms with Gasteiger partial charge in [0.2, 0.25) is 0 Å². The fraction of sp³-hybridized carbons (Fsp3) is 1.00. The normalized spacial score (nSPS) is 57.8. The summed E-state index contributed by atoms with van der Waals surface area (Å²) in [5, 5.41) is 3.21. The molecule has 2 unspecified atom stereocenters. The van der Waals surface area contributed by atoms with E-state index in [1.165, 1.54) is 6.54 Å². The second kappa shape index (κ2) is 1.27. The Labute approximate surface area is 50.5 Å². The van der Waals surface area contributed by atoms with Crippen LogP contribution in [0, 0.1) is 23.7 Å². The van der Waals surface area contributed by atoms with Crippen molar-refractivity contribution >= 4 is 0 Å². The number of nitrogens with one attached hydrogen (secondary N) is 1. The Kier molecular flexibility index (Phi) is 0.762. The summed E-state index contributed by atoms with van der Waals surface area (Å²) in [5.41, 5.74) is 0. The summed E-state index contributed by atoms with van der Waals surface area (Å²) >= 11 is 0. The molecule has 1 heteroatoms. The zero-order valence-electron chi connectivity index (χ0n) is 5.52. The van der Waals surface area contributed by atoms with Crippen molar-refractivity contribution in [1.82, 2.24) is 5.32 Å². The Balaban J connectivity index is 1.73. The van der Waals surface area contributed by atoms with Crippen LogP contribution >= 0.6 is 0 Å². The maximum atomic E-state index is 3.21. The van der Waals surface area contributed by atoms with Gasteiger partial charge in [-0.05, 0) is 37.3 Å². The number of hydrogen-bond acceptors (Lipinski definition) is 1. The standard InChI is InChI=1S/C7H13N/c1-4-6-5(3-8-2)7(4)6/h4-8H,3H2,1-2H3. The van der Waals surface area contributed by atoms with Crippen LogP contribution in [0.5, 0.6) is 0 Å². The number of fused-ring (bicyclic) bond motifs is 1. The van der Waals surface area contributed by atoms with Gasteiger partial charge in [-0.15, -0.1) is 0 Å². The van der Waals surface area contributed by atoms with E-state index < -0.39 is 0 Å². The predicted molar refractivity (Wildman–Crippen MR) is 33.6 cm³/mol. The van der Waals surface area contributed by atoms with Crippen molar-refractivity contribution in [2.24, 2.45) is 23.7 Å². The van der Waals surface area contributed by atoms with Gasteiger partial charge < -0.3 is 5.32 Å². The second-order valence-electron chi connectivity index (χ2n) is 3.24. The maximum Gasteiger partial charge on any atom is -0.00178 e. The third kappa shape index (κ3) is 0.408. The summed E-state index contributed by atoms with van der Waals surface area (Å²) < 4.78 is 0. The summed E-state index contributed by atoms with van der Waals surface area (Å²) in [5.74, 6) is 4.45. The molecule has 0 spiro atoms. The van der Waals surface area contributed by atoms with Gasteiger partial charge in [0, 0.05) is 0 Å². The summed E-state index contributed by atoms with van der Waals surface area (Å²) in [4.78, 5) is 0. The summed E-state index contributed by atoms with van der Waals surface area (Å²) in [6.45, 7) is 3.63. The molecule has 2 aliphatic rings. The monoisotopic (exact) mass is 111 g/mol. The highest BCUT2D eigenvalue weighted by molar-refractivity contribution is 5.17. The second-order valence-corrected chi connectivity index (χ2v) is 3.24. The van der Waals surface area contributed by atoms with Crippen molar-refractivity contribution in [3.05, 3.63) is 0 Å². The van der Waals surface area contributed by atoms with Crippen LogP contribution < -0.4 is 5.32 Å². The molecule has 46 valence electrons. The molecule has 0 saturated heterocycles. The molecule has 1 N–H and O–H groups in total. The molecule has 0 aliphatic heterocycles. The lowest BCUT2D eigenvalue weighted by Crippen LogP contribution is -2.15. The molecule has 2 aliphatic carbocycles. The number of hydrogen-bond donors (Lipinski definition) is 1. The molecule has 8 heavy (non-hydrogen) atoms. The molecule has 2 atom stereocenters. The minimum Gasteiger partial charge on any atom is -0.319 e. The van der Waals surface area contributed by atoms with E-state index in [1.54, 1.807) is 0 Å². The van der Waals surface area contributed by atoms with Crippen LogP contribution in [0.1, 0.15) is 6.92 Å². The van der Waals surface area contributed by atoms with Crippen molar-refractivity contribution < 1.29 is 0 Å². The van der Waals surface area contributed by atoms with Gasteiger partial charge in [-0.1, -0.05) is 6.92 Å². The van der Waals surface area contributed by atoms with Crippen LogP contribution in [0.2, 0.25) is 0 Å². The minimum atomic E-state index is 1.08. The van der Waals surface area contributed by atoms with Crippen molar-refractivity contribution in [3.8, 4) is 0 Å². The molecular formula is C7H13N. The van der Waals surface area contributed by atoms with E-state index in [0.29, 0.717) is 0 Å². The molecule has 0 aromatic rings. The Hall–Kier alpha value is -0.0400. The topological polar surface area (TPSA) is 12.0 Å². The molecule has 0 amide bonds. The van der Waals surface area contributed by atoms with E-state index in [-0.39, 0.29) is 0 Å². The van der Waals surface area contributed by atoms with Gasteiger partial charge >= 0.3 is 0 Å². The molecule has 1 nitrogen and oxygen atoms in total. The fourth-order valence-corrected chi connectivity index (χ4v) is 2.10. The number of rotatable bonds is 2. The summed E-state index contributed by atoms with van der Waals surface area (Å²) in [7, 11) is 2.04. The van der Waals surface area contributed by atoms with Crippen molar-refractivity contribution in [2.75, 3.05) is 13.6 Å². The Morgan fingerprint density at radius 2 is 2.00 bits per heavy atom. The molecule has 0 aromatic heterocycles. The Bertz CT molecular complexity index is 101. The highest BCUT2D eigenvalue weighted by Gasteiger charge is 2.69. The van der Waals surface area contributed by atoms with E-state index in [2.05, 4.69) is 12.2 Å². The SMILES string of the molecule is CNCC1C2C(C)C12. The van der Waals surface area contributed by atoms with Gasteiger partial charge in [0.05, 0.1) is 0 Å². The average Bonchev–Trinajstić information content (AvgIpc) is 2.57. The highest BCUT2D eigenvalue weighted by atomic mass is 14.9. The zero-order chi connectivity index (χ0) is 5.72.